The van der Waals surface area contributed by atoms with Crippen LogP contribution in [0.2, 0.25) is 10.0 Å². The molecule has 0 fully saturated rings. The lowest BCUT2D eigenvalue weighted by Gasteiger charge is -2.29. The Kier molecular flexibility index (Phi) is 8.29. The third kappa shape index (κ3) is 5.62. The van der Waals surface area contributed by atoms with Crippen molar-refractivity contribution in [2.75, 3.05) is 0 Å². The summed E-state index contributed by atoms with van der Waals surface area (Å²) < 4.78 is 42.8. The first kappa shape index (κ1) is 28.1. The number of carbonyl (C=O) groups is 2. The highest BCUT2D eigenvalue weighted by atomic mass is 35.5. The Labute approximate surface area is 221 Å². The van der Waals surface area contributed by atoms with Gasteiger partial charge in [-0.25, -0.2) is 9.89 Å². The van der Waals surface area contributed by atoms with Crippen LogP contribution in [0.15, 0.2) is 71.5 Å². The molecule has 0 bridgehead atoms. The van der Waals surface area contributed by atoms with E-state index in [0.717, 1.165) is 17.0 Å². The van der Waals surface area contributed by atoms with Gasteiger partial charge in [0.05, 0.1) is 5.71 Å². The molecule has 0 N–H and O–H groups in total. The van der Waals surface area contributed by atoms with Gasteiger partial charge in [0.15, 0.2) is 0 Å². The maximum atomic E-state index is 14.3. The molecule has 37 heavy (non-hydrogen) atoms. The fourth-order valence-electron chi connectivity index (χ4n) is 3.81. The van der Waals surface area contributed by atoms with Crippen LogP contribution in [-0.2, 0) is 15.2 Å². The molecule has 2 amide bonds. The summed E-state index contributed by atoms with van der Waals surface area (Å²) in [7, 11) is 0. The van der Waals surface area contributed by atoms with Crippen molar-refractivity contribution in [1.29, 1.82) is 0 Å². The molecule has 0 saturated carbocycles. The summed E-state index contributed by atoms with van der Waals surface area (Å²) in [6, 6.07) is 7.94. The number of halogens is 5. The maximum Gasteiger partial charge on any atom is 0.435 e. The fraction of sp³-hybridized carbons (Fsp3) is 0.231. The minimum Gasteiger partial charge on any atom is -0.374 e. The van der Waals surface area contributed by atoms with Gasteiger partial charge in [-0.15, -0.1) is 0 Å². The van der Waals surface area contributed by atoms with E-state index >= 15 is 0 Å². The van der Waals surface area contributed by atoms with Crippen LogP contribution in [0.3, 0.4) is 0 Å². The fourth-order valence-corrected chi connectivity index (χ4v) is 4.34. The molecular formula is C26H22Cl2F3N3O3. The number of imide groups is 1. The van der Waals surface area contributed by atoms with Gasteiger partial charge in [0.2, 0.25) is 5.91 Å². The highest BCUT2D eigenvalue weighted by molar-refractivity contribution is 6.34. The van der Waals surface area contributed by atoms with E-state index in [1.165, 1.54) is 43.5 Å². The highest BCUT2D eigenvalue weighted by Crippen LogP contribution is 2.49. The SMILES string of the molecule is C=CC(=N/C=C\C)N(C(C)=O)C(=O)c1ccc(C2=NOC(c3cc(Cl)cc(Cl)c3)(C(F)(F)F)C2)cc1C. The summed E-state index contributed by atoms with van der Waals surface area (Å²) >= 11 is 11.9. The number of benzene rings is 2. The van der Waals surface area contributed by atoms with Crippen LogP contribution >= 0.6 is 23.2 Å². The molecule has 1 unspecified atom stereocenters. The van der Waals surface area contributed by atoms with Crippen molar-refractivity contribution in [3.63, 3.8) is 0 Å². The summed E-state index contributed by atoms with van der Waals surface area (Å²) in [5.74, 6) is -1.22. The molecule has 0 radical (unpaired) electrons. The molecule has 0 aliphatic carbocycles. The van der Waals surface area contributed by atoms with Gasteiger partial charge in [-0.3, -0.25) is 9.59 Å². The van der Waals surface area contributed by atoms with Gasteiger partial charge in [-0.2, -0.15) is 13.2 Å². The Morgan fingerprint density at radius 1 is 1.19 bits per heavy atom. The van der Waals surface area contributed by atoms with E-state index in [9.17, 15) is 22.8 Å². The molecule has 3 rings (SSSR count). The number of hydrogen-bond acceptors (Lipinski definition) is 5. The smallest absolute Gasteiger partial charge is 0.374 e. The molecule has 194 valence electrons. The zero-order chi connectivity index (χ0) is 27.5. The zero-order valence-corrected chi connectivity index (χ0v) is 21.6. The van der Waals surface area contributed by atoms with E-state index < -0.39 is 30.0 Å². The first-order valence-electron chi connectivity index (χ1n) is 10.9. The van der Waals surface area contributed by atoms with Gasteiger partial charge in [-0.1, -0.05) is 47.1 Å². The molecule has 6 nitrogen and oxygen atoms in total. The number of rotatable bonds is 5. The highest BCUT2D eigenvalue weighted by Gasteiger charge is 2.62. The van der Waals surface area contributed by atoms with Crippen LogP contribution in [0.25, 0.3) is 0 Å². The molecule has 2 aromatic rings. The van der Waals surface area contributed by atoms with Crippen molar-refractivity contribution in [3.05, 3.63) is 93.6 Å². The number of allylic oxidation sites excluding steroid dienone is 1. The second-order valence-electron chi connectivity index (χ2n) is 8.15. The minimum atomic E-state index is -4.84. The van der Waals surface area contributed by atoms with Crippen LogP contribution in [0.1, 0.15) is 47.3 Å². The number of alkyl halides is 3. The van der Waals surface area contributed by atoms with Crippen LogP contribution in [0.5, 0.6) is 0 Å². The zero-order valence-electron chi connectivity index (χ0n) is 20.1. The van der Waals surface area contributed by atoms with Crippen molar-refractivity contribution < 1.29 is 27.6 Å². The monoisotopic (exact) mass is 551 g/mol. The van der Waals surface area contributed by atoms with Crippen molar-refractivity contribution in [2.45, 2.75) is 39.0 Å². The summed E-state index contributed by atoms with van der Waals surface area (Å²) in [6.07, 6.45) is -1.18. The Morgan fingerprint density at radius 2 is 1.84 bits per heavy atom. The number of carbonyl (C=O) groups excluding carboxylic acids is 2. The molecule has 1 atom stereocenters. The lowest BCUT2D eigenvalue weighted by atomic mass is 9.86. The summed E-state index contributed by atoms with van der Waals surface area (Å²) in [5.41, 5.74) is -2.19. The summed E-state index contributed by atoms with van der Waals surface area (Å²) in [4.78, 5) is 35.4. The predicted molar refractivity (Wildman–Crippen MR) is 137 cm³/mol. The number of hydrogen-bond donors (Lipinski definition) is 0. The van der Waals surface area contributed by atoms with E-state index in [4.69, 9.17) is 28.0 Å². The van der Waals surface area contributed by atoms with Crippen molar-refractivity contribution >= 4 is 46.6 Å². The third-order valence-electron chi connectivity index (χ3n) is 5.59. The Bertz CT molecular complexity index is 1330. The van der Waals surface area contributed by atoms with E-state index in [2.05, 4.69) is 16.7 Å². The number of amidine groups is 1. The average Bonchev–Trinajstić information content (AvgIpc) is 3.27. The summed E-state index contributed by atoms with van der Waals surface area (Å²) in [6.45, 7) is 8.12. The molecule has 2 aromatic carbocycles. The number of aryl methyl sites for hydroxylation is 1. The van der Waals surface area contributed by atoms with Gasteiger partial charge in [0.1, 0.15) is 5.84 Å². The molecule has 1 aliphatic rings. The number of nitrogens with zero attached hydrogens (tertiary/aromatic N) is 3. The number of amides is 2. The number of oxime groups is 1. The molecular weight excluding hydrogens is 530 g/mol. The van der Waals surface area contributed by atoms with E-state index in [-0.39, 0.29) is 32.7 Å². The quantitative estimate of drug-likeness (QED) is 0.297. The second kappa shape index (κ2) is 10.9. The first-order chi connectivity index (χ1) is 17.3. The van der Waals surface area contributed by atoms with E-state index in [0.29, 0.717) is 11.1 Å². The van der Waals surface area contributed by atoms with Crippen molar-refractivity contribution in [3.8, 4) is 0 Å². The maximum absolute atomic E-state index is 14.3. The number of aliphatic imine (C=N–C) groups is 1. The third-order valence-corrected chi connectivity index (χ3v) is 6.03. The minimum absolute atomic E-state index is 0.0142. The van der Waals surface area contributed by atoms with Crippen LogP contribution in [0.4, 0.5) is 13.2 Å². The molecule has 0 saturated heterocycles. The molecule has 0 spiro atoms. The topological polar surface area (TPSA) is 71.3 Å². The van der Waals surface area contributed by atoms with Gasteiger partial charge in [0.25, 0.3) is 11.5 Å². The van der Waals surface area contributed by atoms with Crippen LogP contribution in [0, 0.1) is 6.92 Å². The average molecular weight is 552 g/mol. The van der Waals surface area contributed by atoms with Crippen molar-refractivity contribution in [1.82, 2.24) is 4.90 Å². The lowest BCUT2D eigenvalue weighted by molar-refractivity contribution is -0.275. The second-order valence-corrected chi connectivity index (χ2v) is 9.02. The van der Waals surface area contributed by atoms with E-state index in [1.807, 2.05) is 0 Å². The van der Waals surface area contributed by atoms with Crippen molar-refractivity contribution in [2.24, 2.45) is 10.1 Å². The standard InChI is InChI=1S/C26H22Cl2F3N3O3/c1-5-9-32-23(6-2)34(16(4)35)24(36)21-8-7-17(10-15(21)3)22-14-25(37-33-22,26(29,30)31)18-11-19(27)13-20(28)12-18/h5-13H,2,14H2,1,3-4H3/b9-5-,32-23?. The van der Waals surface area contributed by atoms with Gasteiger partial charge in [0, 0.05) is 40.7 Å². The summed E-state index contributed by atoms with van der Waals surface area (Å²) in [5, 5.41) is 3.78. The Balaban J connectivity index is 1.97. The van der Waals surface area contributed by atoms with Crippen LogP contribution in [-0.4, -0.2) is 34.4 Å². The molecule has 0 aromatic heterocycles. The Hall–Kier alpha value is -3.43. The van der Waals surface area contributed by atoms with Crippen LogP contribution < -0.4 is 0 Å². The molecule has 1 heterocycles. The van der Waals surface area contributed by atoms with Gasteiger partial charge in [-0.05, 0) is 61.4 Å². The van der Waals surface area contributed by atoms with Gasteiger partial charge < -0.3 is 4.84 Å². The largest absolute Gasteiger partial charge is 0.435 e. The predicted octanol–water partition coefficient (Wildman–Crippen LogP) is 6.99. The Morgan fingerprint density at radius 3 is 2.35 bits per heavy atom. The van der Waals surface area contributed by atoms with Gasteiger partial charge >= 0.3 is 6.18 Å². The first-order valence-corrected chi connectivity index (χ1v) is 11.7. The molecule has 1 aliphatic heterocycles. The molecule has 11 heteroatoms. The van der Waals surface area contributed by atoms with E-state index in [1.54, 1.807) is 19.9 Å². The lowest BCUT2D eigenvalue weighted by Crippen LogP contribution is -2.42. The normalized spacial score (nSPS) is 17.9.